The molecule has 0 aliphatic heterocycles. The second kappa shape index (κ2) is 7.11. The number of ketones is 2. The van der Waals surface area contributed by atoms with Gasteiger partial charge in [0, 0.05) is 41.5 Å². The van der Waals surface area contributed by atoms with Crippen molar-refractivity contribution in [1.29, 1.82) is 0 Å². The minimum atomic E-state index is -0.208. The molecular formula is C22H23N3O3. The minimum absolute atomic E-state index is 0.00760. The van der Waals surface area contributed by atoms with Crippen molar-refractivity contribution in [3.05, 3.63) is 58.7 Å². The predicted molar refractivity (Wildman–Crippen MR) is 108 cm³/mol. The van der Waals surface area contributed by atoms with Gasteiger partial charge < -0.3 is 16.4 Å². The normalized spacial score (nSPS) is 20.9. The minimum Gasteiger partial charge on any atom is -0.398 e. The highest BCUT2D eigenvalue weighted by Gasteiger charge is 2.34. The molecule has 28 heavy (non-hydrogen) atoms. The van der Waals surface area contributed by atoms with Crippen LogP contribution >= 0.6 is 0 Å². The molecule has 2 aliphatic carbocycles. The highest BCUT2D eigenvalue weighted by molar-refractivity contribution is 6.31. The van der Waals surface area contributed by atoms with Gasteiger partial charge in [0.1, 0.15) is 0 Å². The van der Waals surface area contributed by atoms with Crippen molar-refractivity contribution in [2.45, 2.75) is 44.7 Å². The fraction of sp³-hybridized carbons (Fsp3) is 0.318. The number of carbonyl (C=O) groups is 3. The molecule has 6 heteroatoms. The summed E-state index contributed by atoms with van der Waals surface area (Å²) in [5.74, 6) is -0.389. The first-order chi connectivity index (χ1) is 13.5. The van der Waals surface area contributed by atoms with E-state index in [0.717, 1.165) is 25.7 Å². The Balaban J connectivity index is 1.62. The smallest absolute Gasteiger partial charge is 0.217 e. The van der Waals surface area contributed by atoms with Crippen molar-refractivity contribution in [3.8, 4) is 0 Å². The van der Waals surface area contributed by atoms with Crippen LogP contribution in [0, 0.1) is 0 Å². The molecule has 2 aromatic carbocycles. The number of fused-ring (bicyclic) bond motifs is 2. The number of carbonyl (C=O) groups excluding carboxylic acids is 3. The van der Waals surface area contributed by atoms with Gasteiger partial charge in [-0.3, -0.25) is 14.4 Å². The van der Waals surface area contributed by atoms with Crippen LogP contribution in [0.1, 0.15) is 64.4 Å². The Labute approximate surface area is 163 Å². The average molecular weight is 377 g/mol. The molecule has 6 nitrogen and oxygen atoms in total. The number of nitrogens with one attached hydrogen (secondary N) is 2. The lowest BCUT2D eigenvalue weighted by molar-refractivity contribution is -0.119. The molecule has 0 aromatic heterocycles. The Kier molecular flexibility index (Phi) is 4.63. The lowest BCUT2D eigenvalue weighted by Gasteiger charge is -2.31. The fourth-order valence-electron chi connectivity index (χ4n) is 4.26. The Bertz CT molecular complexity index is 975. The summed E-state index contributed by atoms with van der Waals surface area (Å²) in [5.41, 5.74) is 8.53. The van der Waals surface area contributed by atoms with E-state index in [-0.39, 0.29) is 29.6 Å². The summed E-state index contributed by atoms with van der Waals surface area (Å²) in [6.45, 7) is 1.53. The van der Waals surface area contributed by atoms with Crippen LogP contribution in [0.2, 0.25) is 0 Å². The third kappa shape index (κ3) is 3.15. The van der Waals surface area contributed by atoms with Gasteiger partial charge >= 0.3 is 0 Å². The van der Waals surface area contributed by atoms with Crippen molar-refractivity contribution < 1.29 is 14.4 Å². The van der Waals surface area contributed by atoms with Gasteiger partial charge in [-0.15, -0.1) is 0 Å². The third-order valence-electron chi connectivity index (χ3n) is 5.60. The molecule has 4 rings (SSSR count). The van der Waals surface area contributed by atoms with Gasteiger partial charge in [0.2, 0.25) is 5.91 Å². The van der Waals surface area contributed by atoms with Crippen molar-refractivity contribution in [3.63, 3.8) is 0 Å². The quantitative estimate of drug-likeness (QED) is 0.609. The Morgan fingerprint density at radius 1 is 0.893 bits per heavy atom. The number of hydrogen-bond acceptors (Lipinski definition) is 5. The van der Waals surface area contributed by atoms with Crippen LogP contribution in [-0.2, 0) is 4.79 Å². The second-order valence-corrected chi connectivity index (χ2v) is 7.55. The first-order valence-electron chi connectivity index (χ1n) is 9.60. The topological polar surface area (TPSA) is 101 Å². The van der Waals surface area contributed by atoms with Crippen LogP contribution in [0.15, 0.2) is 36.4 Å². The SMILES string of the molecule is CC(=O)NC1CCC(Nc2ccc(N)c3c2C(=O)c2ccccc2C3=O)CC1. The summed E-state index contributed by atoms with van der Waals surface area (Å²) in [6, 6.07) is 10.7. The van der Waals surface area contributed by atoms with E-state index in [1.54, 1.807) is 36.4 Å². The molecule has 144 valence electrons. The number of amides is 1. The van der Waals surface area contributed by atoms with Crippen LogP contribution < -0.4 is 16.4 Å². The number of nitrogens with two attached hydrogens (primary N) is 1. The van der Waals surface area contributed by atoms with Gasteiger partial charge in [0.25, 0.3) is 0 Å². The second-order valence-electron chi connectivity index (χ2n) is 7.55. The maximum absolute atomic E-state index is 13.1. The molecule has 0 radical (unpaired) electrons. The summed E-state index contributed by atoms with van der Waals surface area (Å²) < 4.78 is 0. The lowest BCUT2D eigenvalue weighted by atomic mass is 9.82. The molecule has 0 atom stereocenters. The number of hydrogen-bond donors (Lipinski definition) is 3. The molecule has 0 heterocycles. The van der Waals surface area contributed by atoms with Gasteiger partial charge in [0.05, 0.1) is 11.1 Å². The zero-order chi connectivity index (χ0) is 19.8. The summed E-state index contributed by atoms with van der Waals surface area (Å²) in [4.78, 5) is 37.3. The summed E-state index contributed by atoms with van der Waals surface area (Å²) in [5, 5.41) is 6.42. The highest BCUT2D eigenvalue weighted by Crippen LogP contribution is 2.36. The van der Waals surface area contributed by atoms with E-state index in [4.69, 9.17) is 5.73 Å². The third-order valence-corrected chi connectivity index (χ3v) is 5.60. The van der Waals surface area contributed by atoms with E-state index >= 15 is 0 Å². The van der Waals surface area contributed by atoms with E-state index in [9.17, 15) is 14.4 Å². The molecular weight excluding hydrogens is 354 g/mol. The zero-order valence-corrected chi connectivity index (χ0v) is 15.7. The fourth-order valence-corrected chi connectivity index (χ4v) is 4.26. The van der Waals surface area contributed by atoms with E-state index in [2.05, 4.69) is 10.6 Å². The van der Waals surface area contributed by atoms with Crippen LogP contribution in [0.5, 0.6) is 0 Å². The predicted octanol–water partition coefficient (Wildman–Crippen LogP) is 2.90. The number of anilines is 2. The van der Waals surface area contributed by atoms with E-state index in [0.29, 0.717) is 33.6 Å². The van der Waals surface area contributed by atoms with Gasteiger partial charge in [-0.1, -0.05) is 24.3 Å². The maximum Gasteiger partial charge on any atom is 0.217 e. The van der Waals surface area contributed by atoms with Crippen molar-refractivity contribution >= 4 is 28.8 Å². The van der Waals surface area contributed by atoms with Crippen LogP contribution in [0.25, 0.3) is 0 Å². The number of benzene rings is 2. The van der Waals surface area contributed by atoms with Crippen molar-refractivity contribution in [1.82, 2.24) is 5.32 Å². The zero-order valence-electron chi connectivity index (χ0n) is 15.7. The molecule has 0 spiro atoms. The number of nitrogen functional groups attached to an aromatic ring is 1. The van der Waals surface area contributed by atoms with Crippen molar-refractivity contribution in [2.24, 2.45) is 0 Å². The molecule has 4 N–H and O–H groups in total. The maximum atomic E-state index is 13.1. The van der Waals surface area contributed by atoms with Gasteiger partial charge in [0.15, 0.2) is 11.6 Å². The summed E-state index contributed by atoms with van der Waals surface area (Å²) in [7, 11) is 0. The molecule has 1 fully saturated rings. The average Bonchev–Trinajstić information content (AvgIpc) is 2.68. The highest BCUT2D eigenvalue weighted by atomic mass is 16.1. The van der Waals surface area contributed by atoms with E-state index < -0.39 is 0 Å². The first kappa shape index (κ1) is 18.2. The summed E-state index contributed by atoms with van der Waals surface area (Å²) >= 11 is 0. The molecule has 2 aromatic rings. The lowest BCUT2D eigenvalue weighted by Crippen LogP contribution is -2.39. The molecule has 0 saturated heterocycles. The molecule has 1 saturated carbocycles. The largest absolute Gasteiger partial charge is 0.398 e. The Morgan fingerprint density at radius 3 is 2.07 bits per heavy atom. The van der Waals surface area contributed by atoms with Gasteiger partial charge in [-0.05, 0) is 37.8 Å². The van der Waals surface area contributed by atoms with E-state index in [1.165, 1.54) is 6.92 Å². The summed E-state index contributed by atoms with van der Waals surface area (Å²) in [6.07, 6.45) is 3.51. The Morgan fingerprint density at radius 2 is 1.46 bits per heavy atom. The molecule has 1 amide bonds. The molecule has 0 bridgehead atoms. The van der Waals surface area contributed by atoms with E-state index in [1.807, 2.05) is 0 Å². The molecule has 2 aliphatic rings. The monoisotopic (exact) mass is 377 g/mol. The molecule has 0 unspecified atom stereocenters. The van der Waals surface area contributed by atoms with Gasteiger partial charge in [-0.2, -0.15) is 0 Å². The first-order valence-corrected chi connectivity index (χ1v) is 9.60. The van der Waals surface area contributed by atoms with Crippen molar-refractivity contribution in [2.75, 3.05) is 11.1 Å². The Hall–Kier alpha value is -3.15. The number of rotatable bonds is 3. The standard InChI is InChI=1S/C22H23N3O3/c1-12(26)24-13-6-8-14(9-7-13)25-18-11-10-17(23)19-20(18)22(28)16-5-3-2-4-15(16)21(19)27/h2-5,10-11,13-14,25H,6-9,23H2,1H3,(H,24,26). The van der Waals surface area contributed by atoms with Crippen LogP contribution in [0.3, 0.4) is 0 Å². The van der Waals surface area contributed by atoms with Gasteiger partial charge in [-0.25, -0.2) is 0 Å². The van der Waals surface area contributed by atoms with Crippen LogP contribution in [-0.4, -0.2) is 29.6 Å². The van der Waals surface area contributed by atoms with Crippen LogP contribution in [0.4, 0.5) is 11.4 Å².